The summed E-state index contributed by atoms with van der Waals surface area (Å²) in [5, 5.41) is 13.3. The van der Waals surface area contributed by atoms with Gasteiger partial charge in [-0.25, -0.2) is 0 Å². The van der Waals surface area contributed by atoms with Gasteiger partial charge in [0.1, 0.15) is 0 Å². The summed E-state index contributed by atoms with van der Waals surface area (Å²) in [7, 11) is 0. The number of nitro benzene ring substituents is 1. The average Bonchev–Trinajstić information content (AvgIpc) is 2.96. The minimum Gasteiger partial charge on any atom is -0.376 e. The largest absolute Gasteiger partial charge is 0.376 e. The summed E-state index contributed by atoms with van der Waals surface area (Å²) >= 11 is 0. The van der Waals surface area contributed by atoms with Crippen LogP contribution in [0.3, 0.4) is 0 Å². The number of hydrogen-bond acceptors (Lipinski definition) is 4. The minimum absolute atomic E-state index is 0.0324. The minimum atomic E-state index is -0.457. The van der Waals surface area contributed by atoms with Gasteiger partial charge in [-0.3, -0.25) is 14.9 Å². The van der Waals surface area contributed by atoms with Crippen molar-refractivity contribution in [2.45, 2.75) is 18.9 Å². The Morgan fingerprint density at radius 1 is 1.45 bits per heavy atom. The molecule has 0 saturated carbocycles. The van der Waals surface area contributed by atoms with Crippen LogP contribution >= 0.6 is 0 Å². The Kier molecular flexibility index (Phi) is 4.84. The molecule has 1 N–H and O–H groups in total. The molecule has 0 radical (unpaired) electrons. The first-order valence-corrected chi connectivity index (χ1v) is 6.47. The quantitative estimate of drug-likeness (QED) is 0.506. The Balaban J connectivity index is 1.81. The van der Waals surface area contributed by atoms with Crippen LogP contribution in [0.5, 0.6) is 0 Å². The molecule has 1 aromatic rings. The first-order chi connectivity index (χ1) is 9.65. The maximum absolute atomic E-state index is 11.6. The monoisotopic (exact) mass is 276 g/mol. The predicted molar refractivity (Wildman–Crippen MR) is 74.1 cm³/mol. The zero-order valence-corrected chi connectivity index (χ0v) is 11.0. The number of benzene rings is 1. The Morgan fingerprint density at radius 2 is 2.20 bits per heavy atom. The Bertz CT molecular complexity index is 504. The van der Waals surface area contributed by atoms with Crippen molar-refractivity contribution in [1.82, 2.24) is 5.32 Å². The van der Waals surface area contributed by atoms with Crippen molar-refractivity contribution in [1.29, 1.82) is 0 Å². The van der Waals surface area contributed by atoms with Gasteiger partial charge in [0.15, 0.2) is 0 Å². The lowest BCUT2D eigenvalue weighted by Gasteiger charge is -2.08. The lowest BCUT2D eigenvalue weighted by Crippen LogP contribution is -2.30. The highest BCUT2D eigenvalue weighted by Gasteiger charge is 2.15. The molecule has 1 saturated heterocycles. The van der Waals surface area contributed by atoms with E-state index in [9.17, 15) is 14.9 Å². The number of nitrogens with one attached hydrogen (secondary N) is 1. The van der Waals surface area contributed by atoms with Crippen LogP contribution in [0.15, 0.2) is 30.3 Å². The van der Waals surface area contributed by atoms with Crippen molar-refractivity contribution in [3.8, 4) is 0 Å². The third-order valence-electron chi connectivity index (χ3n) is 3.06. The van der Waals surface area contributed by atoms with Crippen molar-refractivity contribution < 1.29 is 14.5 Å². The van der Waals surface area contributed by atoms with E-state index in [0.29, 0.717) is 6.54 Å². The number of nitro groups is 1. The summed E-state index contributed by atoms with van der Waals surface area (Å²) in [6.07, 6.45) is 5.17. The van der Waals surface area contributed by atoms with Gasteiger partial charge in [-0.1, -0.05) is 0 Å². The number of carbonyl (C=O) groups excluding carboxylic acids is 1. The molecule has 0 spiro atoms. The molecule has 1 heterocycles. The van der Waals surface area contributed by atoms with E-state index in [-0.39, 0.29) is 17.7 Å². The van der Waals surface area contributed by atoms with E-state index in [0.717, 1.165) is 25.0 Å². The van der Waals surface area contributed by atoms with Gasteiger partial charge in [-0.2, -0.15) is 0 Å². The molecule has 1 fully saturated rings. The van der Waals surface area contributed by atoms with Crippen LogP contribution in [0.1, 0.15) is 18.4 Å². The van der Waals surface area contributed by atoms with Gasteiger partial charge in [0.2, 0.25) is 5.91 Å². The summed E-state index contributed by atoms with van der Waals surface area (Å²) in [6.45, 7) is 1.28. The van der Waals surface area contributed by atoms with Crippen molar-refractivity contribution >= 4 is 17.7 Å². The van der Waals surface area contributed by atoms with E-state index in [1.807, 2.05) is 0 Å². The van der Waals surface area contributed by atoms with Crippen LogP contribution in [0.25, 0.3) is 6.08 Å². The second-order valence-electron chi connectivity index (χ2n) is 4.56. The molecule has 1 atom stereocenters. The zero-order valence-electron chi connectivity index (χ0n) is 11.0. The first-order valence-electron chi connectivity index (χ1n) is 6.47. The molecule has 0 bridgehead atoms. The smallest absolute Gasteiger partial charge is 0.269 e. The summed E-state index contributed by atoms with van der Waals surface area (Å²) in [5.74, 6) is -0.196. The van der Waals surface area contributed by atoms with Crippen molar-refractivity contribution in [3.05, 3.63) is 46.0 Å². The Morgan fingerprint density at radius 3 is 2.80 bits per heavy atom. The van der Waals surface area contributed by atoms with E-state index in [2.05, 4.69) is 5.32 Å². The second-order valence-corrected chi connectivity index (χ2v) is 4.56. The number of ether oxygens (including phenoxy) is 1. The SMILES string of the molecule is O=C(/C=C/c1ccc([N+](=O)[O-])cc1)NCC1CCCO1. The van der Waals surface area contributed by atoms with E-state index in [1.165, 1.54) is 18.2 Å². The fourth-order valence-corrected chi connectivity index (χ4v) is 1.96. The van der Waals surface area contributed by atoms with Gasteiger partial charge in [0.05, 0.1) is 11.0 Å². The van der Waals surface area contributed by atoms with E-state index >= 15 is 0 Å². The van der Waals surface area contributed by atoms with Crippen molar-refractivity contribution in [2.24, 2.45) is 0 Å². The molecule has 0 aliphatic carbocycles. The number of carbonyl (C=O) groups is 1. The van der Waals surface area contributed by atoms with E-state index < -0.39 is 4.92 Å². The number of rotatable bonds is 5. The molecule has 106 valence electrons. The third kappa shape index (κ3) is 4.17. The standard InChI is InChI=1S/C14H16N2O4/c17-14(15-10-13-2-1-9-20-13)8-5-11-3-6-12(7-4-11)16(18)19/h3-8,13H,1-2,9-10H2,(H,15,17)/b8-5+. The van der Waals surface area contributed by atoms with Crippen molar-refractivity contribution in [2.75, 3.05) is 13.2 Å². The van der Waals surface area contributed by atoms with E-state index in [1.54, 1.807) is 18.2 Å². The molecule has 1 amide bonds. The molecule has 1 unspecified atom stereocenters. The first kappa shape index (κ1) is 14.2. The molecule has 1 aliphatic heterocycles. The molecule has 6 heteroatoms. The van der Waals surface area contributed by atoms with E-state index in [4.69, 9.17) is 4.74 Å². The van der Waals surface area contributed by atoms with Gasteiger partial charge in [-0.15, -0.1) is 0 Å². The van der Waals surface area contributed by atoms with Crippen LogP contribution < -0.4 is 5.32 Å². The number of nitrogens with zero attached hydrogens (tertiary/aromatic N) is 1. The van der Waals surface area contributed by atoms with Crippen LogP contribution in [0.2, 0.25) is 0 Å². The second kappa shape index (κ2) is 6.81. The topological polar surface area (TPSA) is 81.5 Å². The highest BCUT2D eigenvalue weighted by molar-refractivity contribution is 5.91. The fourth-order valence-electron chi connectivity index (χ4n) is 1.96. The number of amides is 1. The van der Waals surface area contributed by atoms with Gasteiger partial charge >= 0.3 is 0 Å². The fraction of sp³-hybridized carbons (Fsp3) is 0.357. The van der Waals surface area contributed by atoms with Gasteiger partial charge in [0.25, 0.3) is 5.69 Å². The Hall–Kier alpha value is -2.21. The molecule has 2 rings (SSSR count). The molecular formula is C14H16N2O4. The molecule has 20 heavy (non-hydrogen) atoms. The summed E-state index contributed by atoms with van der Waals surface area (Å²) < 4.78 is 5.40. The molecular weight excluding hydrogens is 260 g/mol. The molecule has 0 aromatic heterocycles. The summed E-state index contributed by atoms with van der Waals surface area (Å²) in [6, 6.07) is 6.01. The van der Waals surface area contributed by atoms with Crippen LogP contribution in [0, 0.1) is 10.1 Å². The molecule has 6 nitrogen and oxygen atoms in total. The van der Waals surface area contributed by atoms with Crippen molar-refractivity contribution in [3.63, 3.8) is 0 Å². The maximum Gasteiger partial charge on any atom is 0.269 e. The van der Waals surface area contributed by atoms with Crippen LogP contribution in [0.4, 0.5) is 5.69 Å². The van der Waals surface area contributed by atoms with Gasteiger partial charge in [0, 0.05) is 31.4 Å². The Labute approximate surface area is 116 Å². The van der Waals surface area contributed by atoms with Gasteiger partial charge in [-0.05, 0) is 36.6 Å². The zero-order chi connectivity index (χ0) is 14.4. The van der Waals surface area contributed by atoms with Gasteiger partial charge < -0.3 is 10.1 Å². The third-order valence-corrected chi connectivity index (χ3v) is 3.06. The molecule has 1 aliphatic rings. The van der Waals surface area contributed by atoms with Crippen LogP contribution in [-0.4, -0.2) is 30.1 Å². The maximum atomic E-state index is 11.6. The predicted octanol–water partition coefficient (Wildman–Crippen LogP) is 1.90. The average molecular weight is 276 g/mol. The van der Waals surface area contributed by atoms with Crippen LogP contribution in [-0.2, 0) is 9.53 Å². The normalized spacial score (nSPS) is 18.3. The summed E-state index contributed by atoms with van der Waals surface area (Å²) in [5.41, 5.74) is 0.771. The number of non-ortho nitro benzene ring substituents is 1. The highest BCUT2D eigenvalue weighted by atomic mass is 16.6. The molecule has 1 aromatic carbocycles. The highest BCUT2D eigenvalue weighted by Crippen LogP contribution is 2.13. The lowest BCUT2D eigenvalue weighted by molar-refractivity contribution is -0.384. The lowest BCUT2D eigenvalue weighted by atomic mass is 10.2. The summed E-state index contributed by atoms with van der Waals surface area (Å²) in [4.78, 5) is 21.6. The number of hydrogen-bond donors (Lipinski definition) is 1.